The van der Waals surface area contributed by atoms with Crippen LogP contribution in [0.25, 0.3) is 10.9 Å². The van der Waals surface area contributed by atoms with Crippen LogP contribution < -0.4 is 4.90 Å². The van der Waals surface area contributed by atoms with Gasteiger partial charge in [-0.25, -0.2) is 4.79 Å². The van der Waals surface area contributed by atoms with Crippen LogP contribution in [-0.2, 0) is 16.6 Å². The van der Waals surface area contributed by atoms with E-state index in [1.807, 2.05) is 18.2 Å². The number of rotatable bonds is 3. The van der Waals surface area contributed by atoms with E-state index in [1.165, 1.54) is 24.2 Å². The molecule has 1 saturated heterocycles. The molecule has 122 valence electrons. The van der Waals surface area contributed by atoms with Gasteiger partial charge in [-0.3, -0.25) is 0 Å². The fraction of sp³-hybridized carbons (Fsp3) is 0.500. The smallest absolute Gasteiger partial charge is 0.339 e. The van der Waals surface area contributed by atoms with Gasteiger partial charge in [-0.1, -0.05) is 6.07 Å². The monoisotopic (exact) mass is 314 g/mol. The third kappa shape index (κ3) is 2.06. The van der Waals surface area contributed by atoms with Crippen molar-refractivity contribution >= 4 is 22.7 Å². The number of aliphatic hydroxyl groups is 1. The molecule has 2 aromatic rings. The number of aryl methyl sites for hydroxylation is 1. The Morgan fingerprint density at radius 2 is 2.13 bits per heavy atom. The number of fused-ring (bicyclic) bond motifs is 3. The quantitative estimate of drug-likeness (QED) is 0.884. The van der Waals surface area contributed by atoms with Crippen LogP contribution in [0.5, 0.6) is 0 Å². The average molecular weight is 314 g/mol. The summed E-state index contributed by atoms with van der Waals surface area (Å²) in [6, 6.07) is 5.80. The summed E-state index contributed by atoms with van der Waals surface area (Å²) < 4.78 is 7.18. The van der Waals surface area contributed by atoms with Crippen LogP contribution in [0.4, 0.5) is 5.82 Å². The molecular formula is C18H22N2O3. The minimum absolute atomic E-state index is 0.274. The van der Waals surface area contributed by atoms with Gasteiger partial charge in [0.2, 0.25) is 0 Å². The first-order valence-electron chi connectivity index (χ1n) is 8.33. The Labute approximate surface area is 135 Å². The molecule has 5 nitrogen and oxygen atoms in total. The van der Waals surface area contributed by atoms with Crippen LogP contribution >= 0.6 is 0 Å². The number of piperidine rings is 1. The predicted octanol–water partition coefficient (Wildman–Crippen LogP) is 2.47. The van der Waals surface area contributed by atoms with Gasteiger partial charge in [-0.15, -0.1) is 0 Å². The number of aromatic nitrogens is 1. The van der Waals surface area contributed by atoms with Crippen LogP contribution in [0.1, 0.15) is 42.9 Å². The molecule has 5 rings (SSSR count). The molecule has 5 heteroatoms. The zero-order valence-electron chi connectivity index (χ0n) is 13.6. The Morgan fingerprint density at radius 1 is 1.39 bits per heavy atom. The second-order valence-corrected chi connectivity index (χ2v) is 6.49. The molecule has 1 aromatic carbocycles. The molecule has 1 unspecified atom stereocenters. The number of hydrogen-bond donors (Lipinski definition) is 1. The van der Waals surface area contributed by atoms with E-state index in [-0.39, 0.29) is 6.61 Å². The topological polar surface area (TPSA) is 54.7 Å². The molecule has 1 aromatic heterocycles. The normalized spacial score (nSPS) is 18.3. The molecule has 1 fully saturated rings. The average Bonchev–Trinajstić information content (AvgIpc) is 2.90. The number of nitrogens with zero attached hydrogens (tertiary/aromatic N) is 2. The van der Waals surface area contributed by atoms with Crippen molar-refractivity contribution in [2.24, 2.45) is 7.05 Å². The summed E-state index contributed by atoms with van der Waals surface area (Å²) in [6.45, 7) is 4.27. The van der Waals surface area contributed by atoms with E-state index in [2.05, 4.69) is 16.5 Å². The molecule has 3 aliphatic heterocycles. The first kappa shape index (κ1) is 14.6. The summed E-state index contributed by atoms with van der Waals surface area (Å²) >= 11 is 0. The maximum absolute atomic E-state index is 11.8. The number of carbonyl (C=O) groups excluding carboxylic acids is 1. The molecule has 3 aliphatic rings. The zero-order chi connectivity index (χ0) is 16.1. The molecule has 1 N–H and O–H groups in total. The minimum atomic E-state index is -1.21. The number of esters is 1. The van der Waals surface area contributed by atoms with Gasteiger partial charge < -0.3 is 19.3 Å². The summed E-state index contributed by atoms with van der Waals surface area (Å²) in [5.41, 5.74) is 3.16. The number of carbonyl (C=O) groups is 1. The van der Waals surface area contributed by atoms with Crippen molar-refractivity contribution in [3.63, 3.8) is 0 Å². The van der Waals surface area contributed by atoms with Gasteiger partial charge in [0.25, 0.3) is 0 Å². The van der Waals surface area contributed by atoms with E-state index in [9.17, 15) is 9.90 Å². The van der Waals surface area contributed by atoms with Gasteiger partial charge in [0.1, 0.15) is 5.82 Å². The van der Waals surface area contributed by atoms with Crippen LogP contribution in [0.2, 0.25) is 0 Å². The predicted molar refractivity (Wildman–Crippen MR) is 88.7 cm³/mol. The lowest BCUT2D eigenvalue weighted by atomic mass is 9.84. The second kappa shape index (κ2) is 5.27. The van der Waals surface area contributed by atoms with Crippen molar-refractivity contribution in [1.29, 1.82) is 0 Å². The Balaban J connectivity index is 1.84. The Bertz CT molecular complexity index is 772. The van der Waals surface area contributed by atoms with Crippen molar-refractivity contribution in [2.45, 2.75) is 31.8 Å². The maximum Gasteiger partial charge on any atom is 0.339 e. The minimum Gasteiger partial charge on any atom is -0.464 e. The summed E-state index contributed by atoms with van der Waals surface area (Å²) in [7, 11) is 2.10. The van der Waals surface area contributed by atoms with Gasteiger partial charge in [-0.05, 0) is 43.4 Å². The largest absolute Gasteiger partial charge is 0.464 e. The molecule has 0 saturated carbocycles. The molecule has 2 bridgehead atoms. The SMILES string of the molecule is CCOC(=O)C(O)c1ccc2c(c1)c1c(n2C)N2CCC1CC2. The summed E-state index contributed by atoms with van der Waals surface area (Å²) in [5, 5.41) is 11.4. The highest BCUT2D eigenvalue weighted by Gasteiger charge is 2.35. The number of aliphatic hydroxyl groups excluding tert-OH is 1. The highest BCUT2D eigenvalue weighted by atomic mass is 16.5. The molecule has 0 spiro atoms. The van der Waals surface area contributed by atoms with Gasteiger partial charge in [0, 0.05) is 36.6 Å². The Hall–Kier alpha value is -2.01. The molecule has 4 heterocycles. The number of benzene rings is 1. The number of ether oxygens (including phenoxy) is 1. The summed E-state index contributed by atoms with van der Waals surface area (Å²) in [6.07, 6.45) is 1.17. The van der Waals surface area contributed by atoms with Crippen molar-refractivity contribution < 1.29 is 14.6 Å². The fourth-order valence-electron chi connectivity index (χ4n) is 4.17. The molecule has 23 heavy (non-hydrogen) atoms. The molecular weight excluding hydrogens is 292 g/mol. The lowest BCUT2D eigenvalue weighted by molar-refractivity contribution is -0.153. The Morgan fingerprint density at radius 3 is 2.83 bits per heavy atom. The van der Waals surface area contributed by atoms with E-state index in [1.54, 1.807) is 6.92 Å². The van der Waals surface area contributed by atoms with E-state index >= 15 is 0 Å². The maximum atomic E-state index is 11.8. The van der Waals surface area contributed by atoms with Crippen LogP contribution in [-0.4, -0.2) is 35.3 Å². The van der Waals surface area contributed by atoms with Crippen molar-refractivity contribution in [3.8, 4) is 0 Å². The third-order valence-corrected chi connectivity index (χ3v) is 5.26. The van der Waals surface area contributed by atoms with Gasteiger partial charge in [0.05, 0.1) is 6.61 Å². The second-order valence-electron chi connectivity index (χ2n) is 6.49. The first-order chi connectivity index (χ1) is 11.1. The molecule has 0 radical (unpaired) electrons. The van der Waals surface area contributed by atoms with Crippen molar-refractivity contribution in [1.82, 2.24) is 4.57 Å². The van der Waals surface area contributed by atoms with Gasteiger partial charge in [-0.2, -0.15) is 0 Å². The summed E-state index contributed by atoms with van der Waals surface area (Å²) in [5.74, 6) is 1.32. The lowest BCUT2D eigenvalue weighted by Gasteiger charge is -2.41. The lowest BCUT2D eigenvalue weighted by Crippen LogP contribution is -2.39. The molecule has 0 amide bonds. The van der Waals surface area contributed by atoms with Crippen LogP contribution in [0, 0.1) is 0 Å². The van der Waals surface area contributed by atoms with Crippen molar-refractivity contribution in [2.75, 3.05) is 24.6 Å². The third-order valence-electron chi connectivity index (χ3n) is 5.26. The van der Waals surface area contributed by atoms with E-state index < -0.39 is 12.1 Å². The zero-order valence-corrected chi connectivity index (χ0v) is 13.6. The van der Waals surface area contributed by atoms with Crippen LogP contribution in [0.15, 0.2) is 18.2 Å². The number of hydrogen-bond acceptors (Lipinski definition) is 4. The van der Waals surface area contributed by atoms with Crippen LogP contribution in [0.3, 0.4) is 0 Å². The van der Waals surface area contributed by atoms with Crippen molar-refractivity contribution in [3.05, 3.63) is 29.3 Å². The first-order valence-corrected chi connectivity index (χ1v) is 8.33. The highest BCUT2D eigenvalue weighted by molar-refractivity contribution is 5.93. The van der Waals surface area contributed by atoms with Gasteiger partial charge >= 0.3 is 5.97 Å². The van der Waals surface area contributed by atoms with E-state index in [0.717, 1.165) is 24.0 Å². The standard InChI is InChI=1S/C18H22N2O3/c1-3-23-18(22)16(21)12-4-5-14-13(10-12)15-11-6-8-20(9-7-11)17(15)19(14)2/h4-5,10-11,16,21H,3,6-9H2,1-2H3. The van der Waals surface area contributed by atoms with E-state index in [4.69, 9.17) is 4.74 Å². The van der Waals surface area contributed by atoms with Gasteiger partial charge in [0.15, 0.2) is 6.10 Å². The van der Waals surface area contributed by atoms with E-state index in [0.29, 0.717) is 11.5 Å². The summed E-state index contributed by atoms with van der Waals surface area (Å²) in [4.78, 5) is 14.3. The molecule has 1 atom stereocenters. The highest BCUT2D eigenvalue weighted by Crippen LogP contribution is 2.47. The fourth-order valence-corrected chi connectivity index (χ4v) is 4.17. The number of anilines is 1. The Kier molecular flexibility index (Phi) is 3.34. The molecule has 0 aliphatic carbocycles.